The molecule has 0 fully saturated rings. The largest absolute Gasteiger partial charge is 0.416 e. The molecule has 1 N–H and O–H groups in total. The normalized spacial score (nSPS) is 12.0. The highest BCUT2D eigenvalue weighted by molar-refractivity contribution is 7.22. The summed E-state index contributed by atoms with van der Waals surface area (Å²) in [6.45, 7) is 0.780. The Balaban J connectivity index is 2.01. The van der Waals surface area contributed by atoms with Gasteiger partial charge < -0.3 is 4.90 Å². The number of alkyl halides is 3. The van der Waals surface area contributed by atoms with Crippen molar-refractivity contribution in [2.45, 2.75) is 6.18 Å². The first kappa shape index (κ1) is 20.2. The molecule has 1 amide bonds. The quantitative estimate of drug-likeness (QED) is 0.654. The van der Waals surface area contributed by atoms with E-state index in [0.29, 0.717) is 11.2 Å². The number of carbonyl (C=O) groups excluding carboxylic acids is 1. The van der Waals surface area contributed by atoms with Crippen LogP contribution in [0.15, 0.2) is 42.5 Å². The molecule has 148 valence electrons. The summed E-state index contributed by atoms with van der Waals surface area (Å²) < 4.78 is 53.6. The van der Waals surface area contributed by atoms with Crippen LogP contribution in [0, 0.1) is 5.82 Å². The second-order valence-corrected chi connectivity index (χ2v) is 7.58. The van der Waals surface area contributed by atoms with Crippen molar-refractivity contribution in [1.29, 1.82) is 0 Å². The molecular weight excluding hydrogens is 394 g/mol. The first-order chi connectivity index (χ1) is 13.2. The molecule has 0 aliphatic carbocycles. The van der Waals surface area contributed by atoms with E-state index in [2.05, 4.69) is 4.98 Å². The highest BCUT2D eigenvalue weighted by atomic mass is 32.1. The van der Waals surface area contributed by atoms with Gasteiger partial charge in [-0.2, -0.15) is 13.2 Å². The molecule has 9 heteroatoms. The van der Waals surface area contributed by atoms with Crippen molar-refractivity contribution in [1.82, 2.24) is 4.98 Å². The Kier molecular flexibility index (Phi) is 5.66. The zero-order chi connectivity index (χ0) is 20.5. The van der Waals surface area contributed by atoms with Crippen molar-refractivity contribution in [3.63, 3.8) is 0 Å². The van der Waals surface area contributed by atoms with E-state index in [4.69, 9.17) is 0 Å². The van der Waals surface area contributed by atoms with Gasteiger partial charge in [-0.25, -0.2) is 9.37 Å². The standard InChI is InChI=1S/C19H17F4N3OS/c1-25(2)9-10-26(18-24-16-14(20)7-4-8-15(16)28-18)17(27)12-5-3-6-13(11-12)19(21,22)23/h3-8,11H,9-10H2,1-2H3/p+1. The first-order valence-corrected chi connectivity index (χ1v) is 9.31. The molecule has 1 aromatic heterocycles. The monoisotopic (exact) mass is 412 g/mol. The molecule has 0 aliphatic heterocycles. The molecule has 0 saturated carbocycles. The van der Waals surface area contributed by atoms with Gasteiger partial charge in [0, 0.05) is 5.56 Å². The molecule has 0 unspecified atom stereocenters. The number of fused-ring (bicyclic) bond motifs is 1. The first-order valence-electron chi connectivity index (χ1n) is 8.50. The number of nitrogens with zero attached hydrogens (tertiary/aromatic N) is 2. The molecule has 4 nitrogen and oxygen atoms in total. The molecule has 0 atom stereocenters. The number of quaternary nitrogens is 1. The Morgan fingerprint density at radius 1 is 1.18 bits per heavy atom. The zero-order valence-corrected chi connectivity index (χ0v) is 16.0. The summed E-state index contributed by atoms with van der Waals surface area (Å²) in [7, 11) is 3.79. The summed E-state index contributed by atoms with van der Waals surface area (Å²) in [5.41, 5.74) is -0.850. The molecule has 0 bridgehead atoms. The minimum Gasteiger partial charge on any atom is -0.338 e. The van der Waals surface area contributed by atoms with Crippen LogP contribution >= 0.6 is 11.3 Å². The number of thiazole rings is 1. The number of benzene rings is 2. The molecular formula is C19H18F4N3OS+. The molecule has 28 heavy (non-hydrogen) atoms. The predicted molar refractivity (Wildman–Crippen MR) is 100 cm³/mol. The van der Waals surface area contributed by atoms with Gasteiger partial charge in [-0.05, 0) is 30.3 Å². The number of likely N-dealkylation sites (N-methyl/N-ethyl adjacent to an activating group) is 1. The van der Waals surface area contributed by atoms with Crippen LogP contribution in [0.4, 0.5) is 22.7 Å². The smallest absolute Gasteiger partial charge is 0.338 e. The number of hydrogen-bond acceptors (Lipinski definition) is 3. The van der Waals surface area contributed by atoms with Crippen molar-refractivity contribution >= 4 is 32.6 Å². The summed E-state index contributed by atoms with van der Waals surface area (Å²) in [5.74, 6) is -1.11. The van der Waals surface area contributed by atoms with Gasteiger partial charge >= 0.3 is 6.18 Å². The van der Waals surface area contributed by atoms with Crippen molar-refractivity contribution in [3.8, 4) is 0 Å². The molecule has 0 aliphatic rings. The summed E-state index contributed by atoms with van der Waals surface area (Å²) in [4.78, 5) is 19.6. The number of anilines is 1. The summed E-state index contributed by atoms with van der Waals surface area (Å²) in [6.07, 6.45) is -4.55. The van der Waals surface area contributed by atoms with Crippen molar-refractivity contribution in [3.05, 3.63) is 59.4 Å². The van der Waals surface area contributed by atoms with Crippen LogP contribution in [-0.2, 0) is 6.18 Å². The van der Waals surface area contributed by atoms with Crippen LogP contribution in [-0.4, -0.2) is 38.1 Å². The van der Waals surface area contributed by atoms with E-state index < -0.39 is 23.5 Å². The van der Waals surface area contributed by atoms with Crippen LogP contribution in [0.3, 0.4) is 0 Å². The molecule has 0 saturated heterocycles. The Hall–Kier alpha value is -2.52. The van der Waals surface area contributed by atoms with Gasteiger partial charge in [0.15, 0.2) is 5.13 Å². The Morgan fingerprint density at radius 3 is 2.54 bits per heavy atom. The number of rotatable bonds is 5. The van der Waals surface area contributed by atoms with E-state index in [1.54, 1.807) is 12.1 Å². The lowest BCUT2D eigenvalue weighted by Gasteiger charge is -2.21. The van der Waals surface area contributed by atoms with E-state index in [1.807, 2.05) is 14.1 Å². The van der Waals surface area contributed by atoms with Crippen LogP contribution in [0.25, 0.3) is 10.2 Å². The van der Waals surface area contributed by atoms with E-state index in [0.717, 1.165) is 28.4 Å². The fourth-order valence-electron chi connectivity index (χ4n) is 2.62. The van der Waals surface area contributed by atoms with Gasteiger partial charge in [-0.15, -0.1) is 0 Å². The van der Waals surface area contributed by atoms with Gasteiger partial charge in [-0.1, -0.05) is 23.5 Å². The molecule has 3 aromatic rings. The third kappa shape index (κ3) is 4.31. The topological polar surface area (TPSA) is 37.6 Å². The molecule has 0 radical (unpaired) electrons. The number of hydrogen-bond donors (Lipinski definition) is 1. The van der Waals surface area contributed by atoms with E-state index >= 15 is 0 Å². The molecule has 1 heterocycles. The van der Waals surface area contributed by atoms with Gasteiger partial charge in [0.2, 0.25) is 0 Å². The van der Waals surface area contributed by atoms with Gasteiger partial charge in [0.25, 0.3) is 5.91 Å². The molecule has 2 aromatic carbocycles. The summed E-state index contributed by atoms with van der Waals surface area (Å²) >= 11 is 1.13. The highest BCUT2D eigenvalue weighted by Gasteiger charge is 2.32. The van der Waals surface area contributed by atoms with Crippen molar-refractivity contribution < 1.29 is 27.3 Å². The summed E-state index contributed by atoms with van der Waals surface area (Å²) in [6, 6.07) is 8.77. The van der Waals surface area contributed by atoms with E-state index in [1.165, 1.54) is 23.1 Å². The lowest BCUT2D eigenvalue weighted by Crippen LogP contribution is -3.06. The maximum atomic E-state index is 14.0. The van der Waals surface area contributed by atoms with Crippen LogP contribution in [0.5, 0.6) is 0 Å². The average molecular weight is 412 g/mol. The van der Waals surface area contributed by atoms with Crippen LogP contribution in [0.2, 0.25) is 0 Å². The zero-order valence-electron chi connectivity index (χ0n) is 15.2. The van der Waals surface area contributed by atoms with Gasteiger partial charge in [0.05, 0.1) is 37.4 Å². The second-order valence-electron chi connectivity index (χ2n) is 6.58. The maximum absolute atomic E-state index is 14.0. The lowest BCUT2D eigenvalue weighted by molar-refractivity contribution is -0.856. The predicted octanol–water partition coefficient (Wildman–Crippen LogP) is 3.25. The maximum Gasteiger partial charge on any atom is 0.416 e. The van der Waals surface area contributed by atoms with Crippen molar-refractivity contribution in [2.75, 3.05) is 32.1 Å². The third-order valence-corrected chi connectivity index (χ3v) is 5.15. The fraction of sp³-hybridized carbons (Fsp3) is 0.263. The number of halogens is 4. The third-order valence-electron chi connectivity index (χ3n) is 4.11. The second kappa shape index (κ2) is 7.84. The van der Waals surface area contributed by atoms with Gasteiger partial charge in [0.1, 0.15) is 11.3 Å². The molecule has 0 spiro atoms. The van der Waals surface area contributed by atoms with Crippen LogP contribution in [0.1, 0.15) is 15.9 Å². The van der Waals surface area contributed by atoms with E-state index in [-0.39, 0.29) is 22.8 Å². The van der Waals surface area contributed by atoms with Crippen LogP contribution < -0.4 is 9.80 Å². The Bertz CT molecular complexity index is 1000. The van der Waals surface area contributed by atoms with E-state index in [9.17, 15) is 22.4 Å². The lowest BCUT2D eigenvalue weighted by atomic mass is 10.1. The Labute approximate surface area is 163 Å². The SMILES string of the molecule is C[NH+](C)CCN(C(=O)c1cccc(C(F)(F)F)c1)c1nc2c(F)cccc2s1. The number of para-hydroxylation sites is 1. The number of amides is 1. The number of aromatic nitrogens is 1. The number of nitrogens with one attached hydrogen (secondary N) is 1. The molecule has 3 rings (SSSR count). The van der Waals surface area contributed by atoms with Gasteiger partial charge in [-0.3, -0.25) is 9.69 Å². The fourth-order valence-corrected chi connectivity index (χ4v) is 3.63. The minimum atomic E-state index is -4.55. The summed E-state index contributed by atoms with van der Waals surface area (Å²) in [5, 5.41) is 0.253. The number of carbonyl (C=O) groups is 1. The van der Waals surface area contributed by atoms with Crippen molar-refractivity contribution in [2.24, 2.45) is 0 Å². The highest BCUT2D eigenvalue weighted by Crippen LogP contribution is 2.32. The Morgan fingerprint density at radius 2 is 1.89 bits per heavy atom. The minimum absolute atomic E-state index is 0.0942. The average Bonchev–Trinajstić information content (AvgIpc) is 3.06.